The van der Waals surface area contributed by atoms with E-state index in [2.05, 4.69) is 26.1 Å². The number of benzene rings is 4. The Morgan fingerprint density at radius 2 is 1.62 bits per heavy atom. The molecule has 3 fully saturated rings. The second kappa shape index (κ2) is 15.6. The van der Waals surface area contributed by atoms with Crippen molar-refractivity contribution in [3.8, 4) is 17.2 Å². The number of piperazine rings is 1. The Morgan fingerprint density at radius 3 is 2.38 bits per heavy atom. The number of aromatic hydroxyl groups is 1. The molecule has 4 aromatic carbocycles. The average Bonchev–Trinajstić information content (AvgIpc) is 3.55. The van der Waals surface area contributed by atoms with Crippen LogP contribution in [0.1, 0.15) is 70.1 Å². The molecule has 9 rings (SSSR count). The zero-order valence-electron chi connectivity index (χ0n) is 32.5. The topological polar surface area (TPSA) is 115 Å². The maximum Gasteiger partial charge on any atom is 0.255 e. The second-order valence-electron chi connectivity index (χ2n) is 16.2. The predicted molar refractivity (Wildman–Crippen MR) is 214 cm³/mol. The van der Waals surface area contributed by atoms with Gasteiger partial charge in [-0.15, -0.1) is 0 Å². The van der Waals surface area contributed by atoms with E-state index in [4.69, 9.17) is 9.47 Å². The van der Waals surface area contributed by atoms with Gasteiger partial charge in [0.1, 0.15) is 23.4 Å². The molecule has 4 aromatic rings. The number of nitrogens with one attached hydrogen (secondary N) is 1. The summed E-state index contributed by atoms with van der Waals surface area (Å²) >= 11 is 0. The number of ether oxygens (including phenoxy) is 2. The molecule has 13 heteroatoms. The minimum Gasteiger partial charge on any atom is -0.508 e. The molecule has 5 heterocycles. The van der Waals surface area contributed by atoms with Gasteiger partial charge in [0.2, 0.25) is 11.8 Å². The van der Waals surface area contributed by atoms with Crippen LogP contribution in [0.3, 0.4) is 0 Å². The monoisotopic (exact) mass is 791 g/mol. The number of hydrogen-bond donors (Lipinski definition) is 2. The highest BCUT2D eigenvalue weighted by atomic mass is 19.1. The fraction of sp³-hybridized carbons (Fsp3) is 0.400. The molecule has 302 valence electrons. The standard InChI is InChI=1S/C45H47F2N5O6/c1-57-41-22-28(2-8-36(41)46)35-26-58-40-23-32(53)5-7-34(40)43(35)29-3-9-38(37(47)21-29)51-14-12-27(13-15-51)24-49-16-18-50(19-17-49)31-4-6-33-30(20-31)25-52(45(33)56)39-10-11-42(54)48-44(39)55/h2-9,20-23,27,35,39,43,53H,10-19,24-26H2,1H3,(H,48,54,55)/t35?,39-,43+/m0/s1. The van der Waals surface area contributed by atoms with Crippen molar-refractivity contribution in [2.24, 2.45) is 5.92 Å². The van der Waals surface area contributed by atoms with Crippen LogP contribution in [-0.4, -0.2) is 98.2 Å². The molecule has 5 aliphatic heterocycles. The molecular weight excluding hydrogens is 745 g/mol. The largest absolute Gasteiger partial charge is 0.508 e. The van der Waals surface area contributed by atoms with Crippen molar-refractivity contribution in [1.29, 1.82) is 0 Å². The molecule has 0 aliphatic carbocycles. The molecule has 1 unspecified atom stereocenters. The van der Waals surface area contributed by atoms with Crippen molar-refractivity contribution >= 4 is 29.1 Å². The van der Waals surface area contributed by atoms with E-state index in [0.29, 0.717) is 35.9 Å². The lowest BCUT2D eigenvalue weighted by atomic mass is 9.75. The van der Waals surface area contributed by atoms with E-state index in [0.717, 1.165) is 86.6 Å². The highest BCUT2D eigenvalue weighted by molar-refractivity contribution is 6.05. The highest BCUT2D eigenvalue weighted by Gasteiger charge is 2.40. The maximum atomic E-state index is 16.2. The summed E-state index contributed by atoms with van der Waals surface area (Å²) in [4.78, 5) is 45.9. The van der Waals surface area contributed by atoms with Crippen LogP contribution in [0.2, 0.25) is 0 Å². The van der Waals surface area contributed by atoms with E-state index in [1.165, 1.54) is 13.2 Å². The fourth-order valence-corrected chi connectivity index (χ4v) is 9.65. The van der Waals surface area contributed by atoms with Crippen molar-refractivity contribution in [1.82, 2.24) is 15.1 Å². The number of hydrogen-bond acceptors (Lipinski definition) is 9. The first-order valence-corrected chi connectivity index (χ1v) is 20.2. The Hall–Kier alpha value is -5.69. The summed E-state index contributed by atoms with van der Waals surface area (Å²) < 4.78 is 41.9. The molecule has 0 saturated carbocycles. The molecule has 5 aliphatic rings. The molecule has 3 amide bonds. The van der Waals surface area contributed by atoms with Gasteiger partial charge in [-0.2, -0.15) is 0 Å². The minimum atomic E-state index is -0.622. The van der Waals surface area contributed by atoms with Gasteiger partial charge in [0.05, 0.1) is 19.4 Å². The molecule has 0 radical (unpaired) electrons. The van der Waals surface area contributed by atoms with Crippen LogP contribution in [-0.2, 0) is 16.1 Å². The predicted octanol–water partition coefficient (Wildman–Crippen LogP) is 5.79. The first-order valence-electron chi connectivity index (χ1n) is 20.2. The van der Waals surface area contributed by atoms with Gasteiger partial charge in [0, 0.05) is 93.5 Å². The van der Waals surface area contributed by atoms with Crippen LogP contribution in [0, 0.1) is 17.6 Å². The Bertz CT molecular complexity index is 2250. The molecule has 2 N–H and O–H groups in total. The zero-order chi connectivity index (χ0) is 40.1. The van der Waals surface area contributed by atoms with Gasteiger partial charge >= 0.3 is 0 Å². The van der Waals surface area contributed by atoms with Crippen molar-refractivity contribution in [2.45, 2.75) is 50.1 Å². The van der Waals surface area contributed by atoms with Crippen LogP contribution < -0.4 is 24.6 Å². The second-order valence-corrected chi connectivity index (χ2v) is 16.2. The number of amides is 3. The van der Waals surface area contributed by atoms with Gasteiger partial charge in [-0.3, -0.25) is 24.6 Å². The number of imide groups is 1. The average molecular weight is 792 g/mol. The third-order valence-electron chi connectivity index (χ3n) is 12.8. The number of methoxy groups -OCH3 is 1. The summed E-state index contributed by atoms with van der Waals surface area (Å²) in [5.41, 5.74) is 5.62. The number of rotatable bonds is 8. The SMILES string of the molecule is COc1cc(C2COc3cc(O)ccc3[C@H]2c2ccc(N3CCC(CN4CCN(c5ccc6c(c5)CN([C@H]5CCC(=O)NC5=O)C6=O)CC4)CC3)c(F)c2)ccc1F. The fourth-order valence-electron chi connectivity index (χ4n) is 9.65. The van der Waals surface area contributed by atoms with Crippen molar-refractivity contribution in [3.05, 3.63) is 112 Å². The van der Waals surface area contributed by atoms with Gasteiger partial charge in [0.25, 0.3) is 5.91 Å². The number of piperidine rings is 2. The Morgan fingerprint density at radius 1 is 0.828 bits per heavy atom. The van der Waals surface area contributed by atoms with Gasteiger partial charge < -0.3 is 29.3 Å². The Balaban J connectivity index is 0.807. The number of anilines is 2. The van der Waals surface area contributed by atoms with Crippen LogP contribution in [0.25, 0.3) is 0 Å². The number of carbonyl (C=O) groups is 3. The van der Waals surface area contributed by atoms with Gasteiger partial charge in [0.15, 0.2) is 11.6 Å². The Kier molecular flexibility index (Phi) is 10.2. The van der Waals surface area contributed by atoms with E-state index in [-0.39, 0.29) is 54.0 Å². The van der Waals surface area contributed by atoms with Crippen molar-refractivity contribution in [3.63, 3.8) is 0 Å². The molecule has 3 atom stereocenters. The van der Waals surface area contributed by atoms with Gasteiger partial charge in [-0.1, -0.05) is 18.2 Å². The van der Waals surface area contributed by atoms with E-state index in [9.17, 15) is 23.9 Å². The Labute approximate surface area is 336 Å². The zero-order valence-corrected chi connectivity index (χ0v) is 32.5. The molecule has 3 saturated heterocycles. The summed E-state index contributed by atoms with van der Waals surface area (Å²) in [6.45, 7) is 6.75. The van der Waals surface area contributed by atoms with E-state index < -0.39 is 17.8 Å². The molecule has 0 bridgehead atoms. The third kappa shape index (κ3) is 7.20. The summed E-state index contributed by atoms with van der Waals surface area (Å²) in [6.07, 6.45) is 2.52. The first-order chi connectivity index (χ1) is 28.1. The van der Waals surface area contributed by atoms with Gasteiger partial charge in [-0.05, 0) is 90.4 Å². The lowest BCUT2D eigenvalue weighted by Gasteiger charge is -2.40. The third-order valence-corrected chi connectivity index (χ3v) is 12.8. The molecular formula is C45H47F2N5O6. The van der Waals surface area contributed by atoms with Crippen LogP contribution in [0.5, 0.6) is 17.2 Å². The number of carbonyl (C=O) groups excluding carboxylic acids is 3. The smallest absolute Gasteiger partial charge is 0.255 e. The summed E-state index contributed by atoms with van der Waals surface area (Å²) in [5, 5.41) is 12.5. The summed E-state index contributed by atoms with van der Waals surface area (Å²) in [7, 11) is 1.43. The summed E-state index contributed by atoms with van der Waals surface area (Å²) in [5.74, 6) is -0.850. The summed E-state index contributed by atoms with van der Waals surface area (Å²) in [6, 6.07) is 20.6. The first kappa shape index (κ1) is 37.9. The van der Waals surface area contributed by atoms with E-state index in [1.54, 1.807) is 35.2 Å². The van der Waals surface area contributed by atoms with Gasteiger partial charge in [-0.25, -0.2) is 8.78 Å². The van der Waals surface area contributed by atoms with Crippen LogP contribution in [0.4, 0.5) is 20.2 Å². The number of phenolic OH excluding ortho intramolecular Hbond substituents is 1. The number of phenols is 1. The maximum absolute atomic E-state index is 16.2. The quantitative estimate of drug-likeness (QED) is 0.214. The van der Waals surface area contributed by atoms with Crippen molar-refractivity contribution in [2.75, 3.05) is 69.3 Å². The number of fused-ring (bicyclic) bond motifs is 2. The molecule has 0 aromatic heterocycles. The number of halogens is 2. The van der Waals surface area contributed by atoms with Crippen LogP contribution >= 0.6 is 0 Å². The minimum absolute atomic E-state index is 0.0870. The van der Waals surface area contributed by atoms with E-state index in [1.807, 2.05) is 30.3 Å². The molecule has 0 spiro atoms. The lowest BCUT2D eigenvalue weighted by Crippen LogP contribution is -2.52. The number of nitrogens with zero attached hydrogens (tertiary/aromatic N) is 4. The highest BCUT2D eigenvalue weighted by Crippen LogP contribution is 2.48. The lowest BCUT2D eigenvalue weighted by molar-refractivity contribution is -0.136. The molecule has 11 nitrogen and oxygen atoms in total. The normalized spacial score (nSPS) is 22.7. The molecule has 58 heavy (non-hydrogen) atoms. The van der Waals surface area contributed by atoms with Crippen LogP contribution in [0.15, 0.2) is 72.8 Å². The van der Waals surface area contributed by atoms with E-state index >= 15 is 4.39 Å². The van der Waals surface area contributed by atoms with Crippen molar-refractivity contribution < 1.29 is 37.7 Å².